The van der Waals surface area contributed by atoms with Crippen molar-refractivity contribution in [1.82, 2.24) is 68.3 Å². The van der Waals surface area contributed by atoms with E-state index in [0.717, 1.165) is 6.42 Å². The number of carbonyl (C=O) groups is 14. The van der Waals surface area contributed by atoms with Crippen LogP contribution >= 0.6 is 0 Å². The number of aliphatic hydroxyl groups is 1. The van der Waals surface area contributed by atoms with Gasteiger partial charge < -0.3 is 83.9 Å². The Morgan fingerprint density at radius 2 is 1.16 bits per heavy atom. The Hall–Kier alpha value is -8.54. The number of benzene rings is 1. The molecule has 0 spiro atoms. The molecule has 16 atom stereocenters. The summed E-state index contributed by atoms with van der Waals surface area (Å²) in [4.78, 5) is 204. The summed E-state index contributed by atoms with van der Waals surface area (Å²) in [5.74, 6) is -14.0. The number of nitrogens with zero attached hydrogens (tertiary/aromatic N) is 2. The Labute approximate surface area is 619 Å². The molecule has 105 heavy (non-hydrogen) atoms. The first kappa shape index (κ1) is 88.9. The summed E-state index contributed by atoms with van der Waals surface area (Å²) < 4.78 is 5.96. The summed E-state index contributed by atoms with van der Waals surface area (Å²) in [5, 5.41) is 40.8. The molecule has 0 aliphatic carbocycles. The van der Waals surface area contributed by atoms with Crippen molar-refractivity contribution in [3.05, 3.63) is 47.7 Å². The van der Waals surface area contributed by atoms with E-state index < -0.39 is 191 Å². The van der Waals surface area contributed by atoms with Crippen LogP contribution in [-0.2, 0) is 78.3 Å². The molecule has 1 aromatic carbocycles. The van der Waals surface area contributed by atoms with E-state index in [4.69, 9.17) is 10.5 Å². The fourth-order valence-corrected chi connectivity index (χ4v) is 12.8. The van der Waals surface area contributed by atoms with E-state index in [9.17, 15) is 62.6 Å². The summed E-state index contributed by atoms with van der Waals surface area (Å²) in [7, 11) is 0. The maximum absolute atomic E-state index is 15.0. The van der Waals surface area contributed by atoms with Crippen LogP contribution in [0.1, 0.15) is 194 Å². The maximum Gasteiger partial charge on any atom is 0.329 e. The standard InChI is InChI=1S/C75H122N14O16/c1-18-44(14)59(71(100)87-62-47(17)105-75(104)58(43(12)13)83-63(92)49(20-3)77-65(94)51(38-48-29-22-21-23-30-48)79-68(97)56(41(8)9)81-70(99)60(45(15)19-2)85-72(62)101)84-64(93)50(31-25-35-76)78-66(95)52-32-26-36-88(52)73(102)57(42(10)11)82-67(96)53-33-27-37-89(53)74(103)61(46(16)90)86-69(98)55(40(6)7)80-54(91)34-24-28-39(4)5/h20-23,29-30,39-47,50-53,55-62,90H,18-19,24-28,31-38,76H2,1-17H3,(H,77,94)(H,78,95)(H,79,97)(H,80,91)(H,81,99)(H,82,96)(H,83,92)(H,84,93)(H,85,101)(H,86,98)(H,87,100)/b49-20-/t44-,45-,46+,47+,50-,51-,52+,53-,55+,56+,57+,58-,59+,60+,61-,62+/m0/s1. The number of hydrogen-bond donors (Lipinski definition) is 13. The first-order valence-corrected chi connectivity index (χ1v) is 37.7. The molecule has 13 amide bonds. The normalized spacial score (nSPS) is 23.7. The molecular weight excluding hydrogens is 1350 g/mol. The van der Waals surface area contributed by atoms with Crippen LogP contribution in [0, 0.1) is 41.4 Å². The molecule has 3 aliphatic heterocycles. The number of carbonyl (C=O) groups excluding carboxylic acids is 14. The van der Waals surface area contributed by atoms with E-state index in [1.807, 2.05) is 13.8 Å². The molecule has 4 rings (SSSR count). The summed E-state index contributed by atoms with van der Waals surface area (Å²) in [6, 6.07) is -7.29. The Kier molecular flexibility index (Phi) is 36.0. The second-order valence-corrected chi connectivity index (χ2v) is 30.1. The summed E-state index contributed by atoms with van der Waals surface area (Å²) in [6.07, 6.45) is 1.71. The molecule has 30 heteroatoms. The van der Waals surface area contributed by atoms with Crippen molar-refractivity contribution >= 4 is 82.8 Å². The Morgan fingerprint density at radius 1 is 0.610 bits per heavy atom. The van der Waals surface area contributed by atoms with Gasteiger partial charge in [-0.25, -0.2) is 4.79 Å². The van der Waals surface area contributed by atoms with Crippen molar-refractivity contribution < 1.29 is 77.0 Å². The molecule has 0 unspecified atom stereocenters. The van der Waals surface area contributed by atoms with Crippen molar-refractivity contribution in [2.75, 3.05) is 19.6 Å². The number of ether oxygens (including phenoxy) is 1. The second-order valence-electron chi connectivity index (χ2n) is 30.1. The molecule has 14 N–H and O–H groups in total. The van der Waals surface area contributed by atoms with E-state index in [0.29, 0.717) is 37.2 Å². The highest BCUT2D eigenvalue weighted by Gasteiger charge is 2.46. The lowest BCUT2D eigenvalue weighted by molar-refractivity contribution is -0.157. The van der Waals surface area contributed by atoms with Crippen LogP contribution in [0.3, 0.4) is 0 Å². The highest BCUT2D eigenvalue weighted by molar-refractivity contribution is 6.03. The second kappa shape index (κ2) is 42.6. The van der Waals surface area contributed by atoms with Crippen molar-refractivity contribution in [1.29, 1.82) is 0 Å². The molecule has 0 saturated carbocycles. The van der Waals surface area contributed by atoms with Gasteiger partial charge in [0.05, 0.1) is 6.10 Å². The number of aliphatic hydroxyl groups excluding tert-OH is 1. The molecule has 0 aromatic heterocycles. The SMILES string of the molecule is C/C=C1\NC(=O)[C@H](Cc2ccccc2)NC(=O)[C@@H](C(C)C)NC(=O)[C@@H]([C@@H](C)CC)NC(=O)[C@H](NC(=O)[C@H](NC(=O)[C@H](CCCN)NC(=O)[C@H]2CCCN2C(=O)[C@H](NC(=O)[C@@H]2CCCN2C(=O)[C@@H](NC(=O)[C@H](NC(=O)CCCC(C)C)C(C)C)[C@@H](C)O)C(C)C)[C@@H](C)CC)[C@@H](C)OC(=O)[C@H](C(C)C)NC1=O. The summed E-state index contributed by atoms with van der Waals surface area (Å²) in [5.41, 5.74) is 6.35. The number of nitrogens with one attached hydrogen (secondary N) is 11. The topological polar surface area (TPSA) is 433 Å². The van der Waals surface area contributed by atoms with E-state index in [-0.39, 0.29) is 82.1 Å². The van der Waals surface area contributed by atoms with Gasteiger partial charge in [0, 0.05) is 25.9 Å². The Balaban J connectivity index is 1.63. The number of amides is 13. The van der Waals surface area contributed by atoms with Gasteiger partial charge in [-0.1, -0.05) is 153 Å². The van der Waals surface area contributed by atoms with Crippen LogP contribution in [0.15, 0.2) is 42.1 Å². The molecule has 0 bridgehead atoms. The largest absolute Gasteiger partial charge is 0.458 e. The highest BCUT2D eigenvalue weighted by atomic mass is 16.5. The van der Waals surface area contributed by atoms with Crippen LogP contribution in [0.25, 0.3) is 0 Å². The van der Waals surface area contributed by atoms with Gasteiger partial charge in [0.2, 0.25) is 70.9 Å². The number of rotatable bonds is 31. The minimum absolute atomic E-state index is 0.0337. The van der Waals surface area contributed by atoms with Crippen LogP contribution in [0.4, 0.5) is 0 Å². The number of nitrogens with two attached hydrogens (primary N) is 1. The predicted molar refractivity (Wildman–Crippen MR) is 393 cm³/mol. The lowest BCUT2D eigenvalue weighted by Gasteiger charge is -2.34. The van der Waals surface area contributed by atoms with Crippen molar-refractivity contribution in [3.8, 4) is 0 Å². The molecule has 30 nitrogen and oxygen atoms in total. The molecular formula is C75H122N14O16. The van der Waals surface area contributed by atoms with E-state index in [2.05, 4.69) is 58.5 Å². The minimum Gasteiger partial charge on any atom is -0.458 e. The quantitative estimate of drug-likeness (QED) is 0.0371. The zero-order valence-corrected chi connectivity index (χ0v) is 64.7. The van der Waals surface area contributed by atoms with E-state index >= 15 is 9.59 Å². The number of likely N-dealkylation sites (tertiary alicyclic amines) is 2. The fraction of sp³-hybridized carbons (Fsp3) is 0.707. The van der Waals surface area contributed by atoms with Crippen LogP contribution in [-0.4, -0.2) is 202 Å². The van der Waals surface area contributed by atoms with E-state index in [1.165, 1.54) is 36.6 Å². The first-order chi connectivity index (χ1) is 49.4. The third kappa shape index (κ3) is 25.9. The van der Waals surface area contributed by atoms with Crippen LogP contribution in [0.2, 0.25) is 0 Å². The highest BCUT2D eigenvalue weighted by Crippen LogP contribution is 2.25. The van der Waals surface area contributed by atoms with Crippen molar-refractivity contribution in [2.24, 2.45) is 47.2 Å². The summed E-state index contributed by atoms with van der Waals surface area (Å²) >= 11 is 0. The fourth-order valence-electron chi connectivity index (χ4n) is 12.8. The lowest BCUT2D eigenvalue weighted by atomic mass is 9.95. The molecule has 3 fully saturated rings. The van der Waals surface area contributed by atoms with Gasteiger partial charge >= 0.3 is 5.97 Å². The lowest BCUT2D eigenvalue weighted by Crippen LogP contribution is -2.64. The number of cyclic esters (lactones) is 1. The van der Waals surface area contributed by atoms with Gasteiger partial charge in [0.15, 0.2) is 0 Å². The third-order valence-electron chi connectivity index (χ3n) is 19.8. The Bertz CT molecular complexity index is 3200. The zero-order chi connectivity index (χ0) is 78.9. The van der Waals surface area contributed by atoms with E-state index in [1.54, 1.807) is 113 Å². The third-order valence-corrected chi connectivity index (χ3v) is 19.8. The summed E-state index contributed by atoms with van der Waals surface area (Å²) in [6.45, 7) is 28.7. The van der Waals surface area contributed by atoms with Gasteiger partial charge in [0.25, 0.3) is 5.91 Å². The van der Waals surface area contributed by atoms with Gasteiger partial charge in [-0.05, 0) is 119 Å². The van der Waals surface area contributed by atoms with Crippen LogP contribution in [0.5, 0.6) is 0 Å². The van der Waals surface area contributed by atoms with Gasteiger partial charge in [-0.3, -0.25) is 62.3 Å². The molecule has 1 aromatic rings. The molecule has 3 saturated heterocycles. The molecule has 3 heterocycles. The van der Waals surface area contributed by atoms with Crippen molar-refractivity contribution in [3.63, 3.8) is 0 Å². The first-order valence-electron chi connectivity index (χ1n) is 37.7. The van der Waals surface area contributed by atoms with Crippen LogP contribution < -0.4 is 64.2 Å². The number of hydrogen-bond acceptors (Lipinski definition) is 17. The number of esters is 1. The smallest absolute Gasteiger partial charge is 0.329 e. The predicted octanol–water partition coefficient (Wildman–Crippen LogP) is 1.69. The minimum atomic E-state index is -1.82. The molecule has 588 valence electrons. The molecule has 3 aliphatic rings. The zero-order valence-electron chi connectivity index (χ0n) is 64.7. The van der Waals surface area contributed by atoms with Gasteiger partial charge in [0.1, 0.15) is 84.3 Å². The van der Waals surface area contributed by atoms with Gasteiger partial charge in [-0.2, -0.15) is 0 Å². The maximum atomic E-state index is 15.0. The number of allylic oxidation sites excluding steroid dienone is 1. The average molecular weight is 1480 g/mol. The Morgan fingerprint density at radius 3 is 1.69 bits per heavy atom. The van der Waals surface area contributed by atoms with Gasteiger partial charge in [-0.15, -0.1) is 0 Å². The average Bonchev–Trinajstić information content (AvgIpc) is 1.74. The molecule has 0 radical (unpaired) electrons. The monoisotopic (exact) mass is 1470 g/mol. The van der Waals surface area contributed by atoms with Crippen molar-refractivity contribution in [2.45, 2.75) is 279 Å².